The second-order valence-corrected chi connectivity index (χ2v) is 6.78. The van der Waals surface area contributed by atoms with E-state index in [0.717, 1.165) is 9.37 Å². The summed E-state index contributed by atoms with van der Waals surface area (Å²) in [6.07, 6.45) is -0.226. The molecule has 0 aromatic heterocycles. The average molecular weight is 376 g/mol. The van der Waals surface area contributed by atoms with Crippen LogP contribution in [0.4, 0.5) is 4.39 Å². The second-order valence-electron chi connectivity index (χ2n) is 4.36. The molecule has 5 heteroatoms. The lowest BCUT2D eigenvalue weighted by molar-refractivity contribution is 0.200. The maximum atomic E-state index is 13.1. The van der Waals surface area contributed by atoms with Crippen LogP contribution in [0.5, 0.6) is 0 Å². The van der Waals surface area contributed by atoms with Crippen molar-refractivity contribution in [2.75, 3.05) is 5.75 Å². The van der Waals surface area contributed by atoms with Gasteiger partial charge in [-0.25, -0.2) is 4.39 Å². The largest absolute Gasteiger partial charge is 0.392 e. The molecule has 1 unspecified atom stereocenters. The van der Waals surface area contributed by atoms with Gasteiger partial charge in [0, 0.05) is 26.6 Å². The van der Waals surface area contributed by atoms with E-state index in [1.54, 1.807) is 11.8 Å². The molecule has 0 bridgehead atoms. The number of thioether (sulfide) groups is 1. The highest BCUT2D eigenvalue weighted by Crippen LogP contribution is 2.24. The molecule has 1 atom stereocenters. The van der Waals surface area contributed by atoms with Crippen LogP contribution < -0.4 is 0 Å². The minimum atomic E-state index is -0.571. The van der Waals surface area contributed by atoms with Crippen molar-refractivity contribution in [1.82, 2.24) is 0 Å². The molecule has 0 saturated heterocycles. The fourth-order valence-corrected chi connectivity index (χ4v) is 3.39. The highest BCUT2D eigenvalue weighted by molar-refractivity contribution is 9.10. The molecule has 0 amide bonds. The first kappa shape index (κ1) is 15.8. The molecule has 20 heavy (non-hydrogen) atoms. The van der Waals surface area contributed by atoms with Gasteiger partial charge in [0.25, 0.3) is 0 Å². The van der Waals surface area contributed by atoms with E-state index in [9.17, 15) is 9.50 Å². The van der Waals surface area contributed by atoms with E-state index < -0.39 is 6.10 Å². The van der Waals surface area contributed by atoms with Crippen molar-refractivity contribution in [3.63, 3.8) is 0 Å². The Hall–Kier alpha value is -0.550. The second kappa shape index (κ2) is 7.46. The zero-order valence-electron chi connectivity index (χ0n) is 10.5. The van der Waals surface area contributed by atoms with Gasteiger partial charge in [0.05, 0.1) is 6.10 Å². The van der Waals surface area contributed by atoms with Crippen LogP contribution in [-0.4, -0.2) is 17.0 Å². The Labute approximate surface area is 135 Å². The van der Waals surface area contributed by atoms with Gasteiger partial charge in [-0.05, 0) is 42.0 Å². The highest BCUT2D eigenvalue weighted by atomic mass is 79.9. The summed E-state index contributed by atoms with van der Waals surface area (Å²) in [7, 11) is 0. The molecule has 2 aromatic rings. The monoisotopic (exact) mass is 374 g/mol. The summed E-state index contributed by atoms with van der Waals surface area (Å²) in [6.45, 7) is 0. The van der Waals surface area contributed by atoms with Crippen molar-refractivity contribution >= 4 is 39.3 Å². The minimum absolute atomic E-state index is 0.337. The maximum Gasteiger partial charge on any atom is 0.123 e. The Morgan fingerprint density at radius 3 is 2.80 bits per heavy atom. The van der Waals surface area contributed by atoms with Gasteiger partial charge >= 0.3 is 0 Å². The van der Waals surface area contributed by atoms with Gasteiger partial charge in [0.2, 0.25) is 0 Å². The van der Waals surface area contributed by atoms with E-state index in [1.807, 2.05) is 24.3 Å². The van der Waals surface area contributed by atoms with Crippen LogP contribution >= 0.6 is 39.3 Å². The summed E-state index contributed by atoms with van der Waals surface area (Å²) in [6, 6.07) is 12.1. The normalized spacial score (nSPS) is 12.4. The number of hydrogen-bond acceptors (Lipinski definition) is 2. The molecule has 0 fully saturated rings. The lowest BCUT2D eigenvalue weighted by Crippen LogP contribution is -2.14. The summed E-state index contributed by atoms with van der Waals surface area (Å²) in [5.41, 5.74) is 0.633. The van der Waals surface area contributed by atoms with E-state index >= 15 is 0 Å². The molecule has 0 radical (unpaired) electrons. The standard InChI is InChI=1S/C15H13BrClFOS/c16-11-2-1-3-14(8-11)20-9-13(19)7-10-6-12(18)4-5-15(10)17/h1-6,8,13,19H,7,9H2. The molecule has 0 aliphatic carbocycles. The molecule has 1 N–H and O–H groups in total. The van der Waals surface area contributed by atoms with Gasteiger partial charge in [-0.2, -0.15) is 0 Å². The Morgan fingerprint density at radius 2 is 2.05 bits per heavy atom. The van der Waals surface area contributed by atoms with Gasteiger partial charge in [0.15, 0.2) is 0 Å². The predicted octanol–water partition coefficient (Wildman–Crippen LogP) is 4.94. The quantitative estimate of drug-likeness (QED) is 0.747. The molecular weight excluding hydrogens is 363 g/mol. The fraction of sp³-hybridized carbons (Fsp3) is 0.200. The van der Waals surface area contributed by atoms with Crippen LogP contribution in [0, 0.1) is 5.82 Å². The topological polar surface area (TPSA) is 20.2 Å². The van der Waals surface area contributed by atoms with E-state index in [2.05, 4.69) is 15.9 Å². The third kappa shape index (κ3) is 4.77. The third-order valence-electron chi connectivity index (χ3n) is 2.70. The molecule has 106 valence electrons. The smallest absolute Gasteiger partial charge is 0.123 e. The van der Waals surface area contributed by atoms with E-state index in [0.29, 0.717) is 22.8 Å². The number of aliphatic hydroxyl groups excluding tert-OH is 1. The summed E-state index contributed by atoms with van der Waals surface area (Å²) < 4.78 is 14.1. The summed E-state index contributed by atoms with van der Waals surface area (Å²) in [5, 5.41) is 10.5. The zero-order valence-corrected chi connectivity index (χ0v) is 13.7. The van der Waals surface area contributed by atoms with Crippen molar-refractivity contribution in [3.8, 4) is 0 Å². The number of rotatable bonds is 5. The van der Waals surface area contributed by atoms with E-state index in [4.69, 9.17) is 11.6 Å². The van der Waals surface area contributed by atoms with Crippen LogP contribution in [0.15, 0.2) is 51.8 Å². The lowest BCUT2D eigenvalue weighted by atomic mass is 10.1. The fourth-order valence-electron chi connectivity index (χ4n) is 1.76. The van der Waals surface area contributed by atoms with Gasteiger partial charge in [-0.1, -0.05) is 33.6 Å². The lowest BCUT2D eigenvalue weighted by Gasteiger charge is -2.12. The Balaban J connectivity index is 1.92. The maximum absolute atomic E-state index is 13.1. The van der Waals surface area contributed by atoms with Gasteiger partial charge in [-0.15, -0.1) is 11.8 Å². The Kier molecular flexibility index (Phi) is 5.90. The van der Waals surface area contributed by atoms with E-state index in [-0.39, 0.29) is 5.82 Å². The number of halogens is 3. The van der Waals surface area contributed by atoms with Crippen molar-refractivity contribution in [1.29, 1.82) is 0 Å². The Morgan fingerprint density at radius 1 is 1.25 bits per heavy atom. The van der Waals surface area contributed by atoms with Crippen molar-refractivity contribution in [3.05, 3.63) is 63.3 Å². The molecular formula is C15H13BrClFOS. The number of hydrogen-bond donors (Lipinski definition) is 1. The molecule has 1 nitrogen and oxygen atoms in total. The van der Waals surface area contributed by atoms with Crippen LogP contribution in [0.1, 0.15) is 5.56 Å². The predicted molar refractivity (Wildman–Crippen MR) is 86.0 cm³/mol. The van der Waals surface area contributed by atoms with Crippen LogP contribution in [0.25, 0.3) is 0 Å². The molecule has 2 rings (SSSR count). The van der Waals surface area contributed by atoms with Crippen LogP contribution in [0.3, 0.4) is 0 Å². The molecule has 0 spiro atoms. The number of aliphatic hydroxyl groups is 1. The average Bonchev–Trinajstić information content (AvgIpc) is 2.41. The summed E-state index contributed by atoms with van der Waals surface area (Å²) in [4.78, 5) is 1.07. The van der Waals surface area contributed by atoms with Gasteiger partial charge < -0.3 is 5.11 Å². The van der Waals surface area contributed by atoms with Crippen LogP contribution in [-0.2, 0) is 6.42 Å². The summed E-state index contributed by atoms with van der Waals surface area (Å²) in [5.74, 6) is 0.194. The molecule has 0 saturated carbocycles. The van der Waals surface area contributed by atoms with Gasteiger partial charge in [-0.3, -0.25) is 0 Å². The Bertz CT molecular complexity index is 594. The van der Waals surface area contributed by atoms with Gasteiger partial charge in [0.1, 0.15) is 5.82 Å². The van der Waals surface area contributed by atoms with Crippen molar-refractivity contribution < 1.29 is 9.50 Å². The molecule has 2 aromatic carbocycles. The highest BCUT2D eigenvalue weighted by Gasteiger charge is 2.10. The first-order valence-corrected chi connectivity index (χ1v) is 8.20. The third-order valence-corrected chi connectivity index (χ3v) is 4.70. The minimum Gasteiger partial charge on any atom is -0.392 e. The van der Waals surface area contributed by atoms with Crippen LogP contribution in [0.2, 0.25) is 5.02 Å². The zero-order chi connectivity index (χ0) is 14.5. The first-order valence-electron chi connectivity index (χ1n) is 6.05. The van der Waals surface area contributed by atoms with E-state index in [1.165, 1.54) is 18.2 Å². The van der Waals surface area contributed by atoms with Crippen molar-refractivity contribution in [2.24, 2.45) is 0 Å². The number of benzene rings is 2. The molecule has 0 heterocycles. The first-order chi connectivity index (χ1) is 9.54. The molecule has 0 aliphatic heterocycles. The SMILES string of the molecule is OC(CSc1cccc(Br)c1)Cc1cc(F)ccc1Cl. The molecule has 0 aliphatic rings. The summed E-state index contributed by atoms with van der Waals surface area (Å²) >= 11 is 10.9. The van der Waals surface area contributed by atoms with Crippen molar-refractivity contribution in [2.45, 2.75) is 17.4 Å².